The Hall–Kier alpha value is -1.39. The van der Waals surface area contributed by atoms with Crippen LogP contribution < -0.4 is 11.1 Å². The van der Waals surface area contributed by atoms with Gasteiger partial charge in [0.2, 0.25) is 5.91 Å². The fourth-order valence-corrected chi connectivity index (χ4v) is 1.59. The maximum absolute atomic E-state index is 11.9. The molecule has 1 rings (SSSR count). The average molecular weight is 250 g/mol. The zero-order chi connectivity index (χ0) is 13.5. The van der Waals surface area contributed by atoms with E-state index in [0.717, 1.165) is 5.56 Å². The fraction of sp³-hybridized carbons (Fsp3) is 0.500. The molecule has 3 atom stereocenters. The van der Waals surface area contributed by atoms with E-state index >= 15 is 0 Å². The van der Waals surface area contributed by atoms with Gasteiger partial charge >= 0.3 is 0 Å². The molecule has 4 heteroatoms. The molecule has 4 N–H and O–H groups in total. The molecule has 0 aliphatic heterocycles. The van der Waals surface area contributed by atoms with Crippen molar-refractivity contribution < 1.29 is 9.90 Å². The van der Waals surface area contributed by atoms with Gasteiger partial charge in [0.05, 0.1) is 6.04 Å². The van der Waals surface area contributed by atoms with E-state index in [1.807, 2.05) is 44.2 Å². The molecular weight excluding hydrogens is 228 g/mol. The molecule has 0 bridgehead atoms. The first-order valence-electron chi connectivity index (χ1n) is 6.25. The molecule has 100 valence electrons. The average Bonchev–Trinajstić information content (AvgIpc) is 2.38. The van der Waals surface area contributed by atoms with Crippen molar-refractivity contribution in [2.75, 3.05) is 6.61 Å². The molecule has 0 heterocycles. The molecule has 18 heavy (non-hydrogen) atoms. The zero-order valence-electron chi connectivity index (χ0n) is 11.0. The van der Waals surface area contributed by atoms with Crippen LogP contribution in [-0.2, 0) is 11.2 Å². The van der Waals surface area contributed by atoms with Crippen molar-refractivity contribution >= 4 is 5.91 Å². The number of rotatable bonds is 6. The molecule has 0 spiro atoms. The summed E-state index contributed by atoms with van der Waals surface area (Å²) in [6.45, 7) is 3.80. The van der Waals surface area contributed by atoms with E-state index < -0.39 is 6.04 Å². The second kappa shape index (κ2) is 7.13. The van der Waals surface area contributed by atoms with Crippen LogP contribution in [0.1, 0.15) is 19.4 Å². The minimum absolute atomic E-state index is 0.0258. The van der Waals surface area contributed by atoms with Crippen LogP contribution in [0.2, 0.25) is 0 Å². The highest BCUT2D eigenvalue weighted by Crippen LogP contribution is 2.04. The summed E-state index contributed by atoms with van der Waals surface area (Å²) >= 11 is 0. The molecule has 2 unspecified atom stereocenters. The number of aliphatic hydroxyl groups is 1. The highest BCUT2D eigenvalue weighted by molar-refractivity contribution is 5.82. The molecular formula is C14H22N2O2. The maximum Gasteiger partial charge on any atom is 0.237 e. The number of hydrogen-bond acceptors (Lipinski definition) is 3. The summed E-state index contributed by atoms with van der Waals surface area (Å²) in [6, 6.07) is 9.05. The SMILES string of the molecule is CC(CO)C(C)NC(=O)[C@@H](N)Cc1ccccc1. The molecule has 0 saturated carbocycles. The summed E-state index contributed by atoms with van der Waals surface area (Å²) in [6.07, 6.45) is 0.521. The van der Waals surface area contributed by atoms with Gasteiger partial charge in [-0.25, -0.2) is 0 Å². The fourth-order valence-electron chi connectivity index (χ4n) is 1.59. The van der Waals surface area contributed by atoms with E-state index in [2.05, 4.69) is 5.32 Å². The van der Waals surface area contributed by atoms with Gasteiger partial charge in [-0.3, -0.25) is 4.79 Å². The molecule has 1 amide bonds. The van der Waals surface area contributed by atoms with Gasteiger partial charge in [-0.2, -0.15) is 0 Å². The van der Waals surface area contributed by atoms with Crippen LogP contribution in [0.5, 0.6) is 0 Å². The Morgan fingerprint density at radius 1 is 1.33 bits per heavy atom. The second-order valence-electron chi connectivity index (χ2n) is 4.75. The largest absolute Gasteiger partial charge is 0.396 e. The third-order valence-electron chi connectivity index (χ3n) is 3.15. The van der Waals surface area contributed by atoms with Crippen LogP contribution in [0.4, 0.5) is 0 Å². The molecule has 0 aliphatic rings. The number of amides is 1. The molecule has 0 aromatic heterocycles. The van der Waals surface area contributed by atoms with Gasteiger partial charge in [-0.05, 0) is 24.8 Å². The molecule has 0 saturated heterocycles. The van der Waals surface area contributed by atoms with E-state index in [4.69, 9.17) is 10.8 Å². The summed E-state index contributed by atoms with van der Waals surface area (Å²) in [7, 11) is 0. The Labute approximate surface area is 108 Å². The molecule has 1 aromatic carbocycles. The maximum atomic E-state index is 11.9. The van der Waals surface area contributed by atoms with Crippen molar-refractivity contribution in [3.63, 3.8) is 0 Å². The van der Waals surface area contributed by atoms with Gasteiger partial charge in [0.25, 0.3) is 0 Å². The Bertz CT molecular complexity index is 367. The van der Waals surface area contributed by atoms with Gasteiger partial charge in [-0.15, -0.1) is 0 Å². The normalized spacial score (nSPS) is 15.8. The smallest absolute Gasteiger partial charge is 0.237 e. The van der Waals surface area contributed by atoms with Crippen LogP contribution in [0.15, 0.2) is 30.3 Å². The number of nitrogens with one attached hydrogen (secondary N) is 1. The summed E-state index contributed by atoms with van der Waals surface area (Å²) in [5.41, 5.74) is 6.91. The molecule has 0 aliphatic carbocycles. The van der Waals surface area contributed by atoms with E-state index in [1.165, 1.54) is 0 Å². The minimum atomic E-state index is -0.555. The highest BCUT2D eigenvalue weighted by atomic mass is 16.3. The standard InChI is InChI=1S/C14H22N2O2/c1-10(9-17)11(2)16-14(18)13(15)8-12-6-4-3-5-7-12/h3-7,10-11,13,17H,8-9,15H2,1-2H3,(H,16,18)/t10?,11?,13-/m0/s1. The molecule has 0 fully saturated rings. The van der Waals surface area contributed by atoms with E-state index in [0.29, 0.717) is 6.42 Å². The Morgan fingerprint density at radius 2 is 1.94 bits per heavy atom. The van der Waals surface area contributed by atoms with Crippen molar-refractivity contribution in [1.82, 2.24) is 5.32 Å². The highest BCUT2D eigenvalue weighted by Gasteiger charge is 2.18. The first kappa shape index (κ1) is 14.7. The van der Waals surface area contributed by atoms with Crippen molar-refractivity contribution in [2.24, 2.45) is 11.7 Å². The Kier molecular flexibility index (Phi) is 5.82. The van der Waals surface area contributed by atoms with Crippen LogP contribution in [0, 0.1) is 5.92 Å². The van der Waals surface area contributed by atoms with E-state index in [-0.39, 0.29) is 24.5 Å². The molecule has 0 radical (unpaired) electrons. The van der Waals surface area contributed by atoms with Crippen molar-refractivity contribution in [1.29, 1.82) is 0 Å². The van der Waals surface area contributed by atoms with E-state index in [9.17, 15) is 4.79 Å². The third kappa shape index (κ3) is 4.47. The lowest BCUT2D eigenvalue weighted by Crippen LogP contribution is -2.47. The predicted molar refractivity (Wildman–Crippen MR) is 72.0 cm³/mol. The summed E-state index contributed by atoms with van der Waals surface area (Å²) in [5, 5.41) is 11.8. The van der Waals surface area contributed by atoms with Gasteiger partial charge in [0.15, 0.2) is 0 Å². The van der Waals surface area contributed by atoms with Gasteiger partial charge in [0, 0.05) is 12.6 Å². The van der Waals surface area contributed by atoms with Gasteiger partial charge in [-0.1, -0.05) is 37.3 Å². The van der Waals surface area contributed by atoms with Crippen LogP contribution in [-0.4, -0.2) is 29.7 Å². The number of aliphatic hydroxyl groups excluding tert-OH is 1. The summed E-state index contributed by atoms with van der Waals surface area (Å²) in [4.78, 5) is 11.9. The van der Waals surface area contributed by atoms with Gasteiger partial charge < -0.3 is 16.2 Å². The van der Waals surface area contributed by atoms with Crippen LogP contribution in [0.3, 0.4) is 0 Å². The quantitative estimate of drug-likeness (QED) is 0.695. The minimum Gasteiger partial charge on any atom is -0.396 e. The number of carbonyl (C=O) groups is 1. The van der Waals surface area contributed by atoms with Crippen molar-refractivity contribution in [3.05, 3.63) is 35.9 Å². The number of hydrogen-bond donors (Lipinski definition) is 3. The summed E-state index contributed by atoms with van der Waals surface area (Å²) in [5.74, 6) is -0.149. The van der Waals surface area contributed by atoms with Gasteiger partial charge in [0.1, 0.15) is 0 Å². The van der Waals surface area contributed by atoms with Crippen LogP contribution in [0.25, 0.3) is 0 Å². The monoisotopic (exact) mass is 250 g/mol. The third-order valence-corrected chi connectivity index (χ3v) is 3.15. The topological polar surface area (TPSA) is 75.3 Å². The Balaban J connectivity index is 2.47. The van der Waals surface area contributed by atoms with Crippen molar-refractivity contribution in [2.45, 2.75) is 32.4 Å². The molecule has 1 aromatic rings. The summed E-state index contributed by atoms with van der Waals surface area (Å²) < 4.78 is 0. The zero-order valence-corrected chi connectivity index (χ0v) is 11.0. The molecule has 4 nitrogen and oxygen atoms in total. The number of nitrogens with two attached hydrogens (primary N) is 1. The number of carbonyl (C=O) groups excluding carboxylic acids is 1. The lowest BCUT2D eigenvalue weighted by atomic mass is 10.0. The lowest BCUT2D eigenvalue weighted by molar-refractivity contribution is -0.123. The van der Waals surface area contributed by atoms with E-state index in [1.54, 1.807) is 0 Å². The lowest BCUT2D eigenvalue weighted by Gasteiger charge is -2.21. The predicted octanol–water partition coefficient (Wildman–Crippen LogP) is 0.690. The first-order valence-corrected chi connectivity index (χ1v) is 6.25. The number of benzene rings is 1. The Morgan fingerprint density at radius 3 is 2.50 bits per heavy atom. The second-order valence-corrected chi connectivity index (χ2v) is 4.75. The first-order chi connectivity index (χ1) is 8.54. The van der Waals surface area contributed by atoms with Crippen LogP contribution >= 0.6 is 0 Å². The van der Waals surface area contributed by atoms with Crippen molar-refractivity contribution in [3.8, 4) is 0 Å².